The van der Waals surface area contributed by atoms with Crippen molar-refractivity contribution in [1.29, 1.82) is 0 Å². The molecule has 1 atom stereocenters. The third-order valence-corrected chi connectivity index (χ3v) is 4.15. The number of unbranched alkanes of at least 4 members (excludes halogenated alkanes) is 6. The molecule has 17 heavy (non-hydrogen) atoms. The lowest BCUT2D eigenvalue weighted by Crippen LogP contribution is -2.16. The molecule has 0 radical (unpaired) electrons. The van der Waals surface area contributed by atoms with Crippen molar-refractivity contribution in [3.63, 3.8) is 0 Å². The van der Waals surface area contributed by atoms with Gasteiger partial charge in [0, 0.05) is 0 Å². The molecule has 0 heterocycles. The van der Waals surface area contributed by atoms with Crippen molar-refractivity contribution < 1.29 is 0 Å². The average Bonchev–Trinajstić information content (AvgIpc) is 2.33. The van der Waals surface area contributed by atoms with E-state index in [-0.39, 0.29) is 0 Å². The summed E-state index contributed by atoms with van der Waals surface area (Å²) in [5.74, 6) is 0. The van der Waals surface area contributed by atoms with Crippen LogP contribution in [-0.4, -0.2) is 0 Å². The Morgan fingerprint density at radius 2 is 0.941 bits per heavy atom. The summed E-state index contributed by atoms with van der Waals surface area (Å²) in [4.78, 5) is 0. The van der Waals surface area contributed by atoms with Gasteiger partial charge in [0.2, 0.25) is 0 Å². The Hall–Kier alpha value is 0. The normalized spacial score (nSPS) is 14.8. The quantitative estimate of drug-likeness (QED) is 0.332. The molecule has 1 unspecified atom stereocenters. The van der Waals surface area contributed by atoms with E-state index in [1.807, 2.05) is 0 Å². The van der Waals surface area contributed by atoms with Crippen LogP contribution >= 0.6 is 0 Å². The van der Waals surface area contributed by atoms with E-state index in [1.165, 1.54) is 77.0 Å². The molecule has 0 aromatic carbocycles. The van der Waals surface area contributed by atoms with Gasteiger partial charge < -0.3 is 0 Å². The molecule has 0 aromatic rings. The maximum absolute atomic E-state index is 2.55. The lowest BCUT2D eigenvalue weighted by molar-refractivity contribution is 0.225. The SMILES string of the molecule is CCCCCCC(C)(CCCC)CCCCC. The summed E-state index contributed by atoms with van der Waals surface area (Å²) in [6.07, 6.45) is 17.1. The largest absolute Gasteiger partial charge is 0.0654 e. The first-order chi connectivity index (χ1) is 8.18. The Morgan fingerprint density at radius 3 is 1.47 bits per heavy atom. The Balaban J connectivity index is 3.90. The first-order valence-electron chi connectivity index (χ1n) is 8.18. The van der Waals surface area contributed by atoms with Crippen LogP contribution in [0.4, 0.5) is 0 Å². The number of hydrogen-bond acceptors (Lipinski definition) is 0. The molecule has 0 aliphatic carbocycles. The molecular weight excluding hydrogens is 204 g/mol. The van der Waals surface area contributed by atoms with Gasteiger partial charge in [0.25, 0.3) is 0 Å². The van der Waals surface area contributed by atoms with Gasteiger partial charge in [0.15, 0.2) is 0 Å². The minimum Gasteiger partial charge on any atom is -0.0654 e. The fourth-order valence-corrected chi connectivity index (χ4v) is 2.76. The zero-order valence-corrected chi connectivity index (χ0v) is 13.0. The summed E-state index contributed by atoms with van der Waals surface area (Å²) in [5.41, 5.74) is 0.652. The predicted octanol–water partition coefficient (Wildman–Crippen LogP) is 6.73. The highest BCUT2D eigenvalue weighted by Gasteiger charge is 2.22. The maximum atomic E-state index is 2.55. The topological polar surface area (TPSA) is 0 Å². The molecule has 0 saturated carbocycles. The summed E-state index contributed by atoms with van der Waals surface area (Å²) in [6.45, 7) is 9.48. The monoisotopic (exact) mass is 240 g/mol. The zero-order valence-electron chi connectivity index (χ0n) is 13.0. The first-order valence-corrected chi connectivity index (χ1v) is 8.18. The predicted molar refractivity (Wildman–Crippen MR) is 80.5 cm³/mol. The van der Waals surface area contributed by atoms with Gasteiger partial charge in [-0.2, -0.15) is 0 Å². The van der Waals surface area contributed by atoms with E-state index in [0.717, 1.165) is 0 Å². The fraction of sp³-hybridized carbons (Fsp3) is 1.00. The van der Waals surface area contributed by atoms with Crippen molar-refractivity contribution in [2.75, 3.05) is 0 Å². The first kappa shape index (κ1) is 17.0. The summed E-state index contributed by atoms with van der Waals surface area (Å²) < 4.78 is 0. The summed E-state index contributed by atoms with van der Waals surface area (Å²) in [6, 6.07) is 0. The molecule has 0 heteroatoms. The van der Waals surface area contributed by atoms with Crippen LogP contribution in [0.5, 0.6) is 0 Å². The molecule has 0 aliphatic heterocycles. The molecule has 104 valence electrons. The molecule has 0 aromatic heterocycles. The van der Waals surface area contributed by atoms with Gasteiger partial charge in [-0.25, -0.2) is 0 Å². The molecule has 0 nitrogen and oxygen atoms in total. The van der Waals surface area contributed by atoms with Gasteiger partial charge in [0.1, 0.15) is 0 Å². The molecule has 0 rings (SSSR count). The minimum absolute atomic E-state index is 0.652. The van der Waals surface area contributed by atoms with Crippen LogP contribution in [0.2, 0.25) is 0 Å². The van der Waals surface area contributed by atoms with Crippen LogP contribution < -0.4 is 0 Å². The molecule has 0 saturated heterocycles. The fourth-order valence-electron chi connectivity index (χ4n) is 2.76. The van der Waals surface area contributed by atoms with Crippen molar-refractivity contribution in [3.8, 4) is 0 Å². The molecule has 0 spiro atoms. The van der Waals surface area contributed by atoms with Crippen LogP contribution in [0.25, 0.3) is 0 Å². The van der Waals surface area contributed by atoms with Crippen LogP contribution in [-0.2, 0) is 0 Å². The smallest absolute Gasteiger partial charge is 0.0326 e. The number of hydrogen-bond donors (Lipinski definition) is 0. The molecule has 0 bridgehead atoms. The third kappa shape index (κ3) is 9.68. The molecule has 0 amide bonds. The Labute approximate surface area is 111 Å². The van der Waals surface area contributed by atoms with Gasteiger partial charge in [-0.1, -0.05) is 85.5 Å². The second-order valence-electron chi connectivity index (χ2n) is 6.18. The second-order valence-corrected chi connectivity index (χ2v) is 6.18. The summed E-state index contributed by atoms with van der Waals surface area (Å²) in [7, 11) is 0. The van der Waals surface area contributed by atoms with Crippen molar-refractivity contribution in [2.45, 2.75) is 105 Å². The highest BCUT2D eigenvalue weighted by atomic mass is 14.3. The van der Waals surface area contributed by atoms with E-state index >= 15 is 0 Å². The van der Waals surface area contributed by atoms with E-state index in [0.29, 0.717) is 5.41 Å². The average molecular weight is 240 g/mol. The standard InChI is InChI=1S/C17H36/c1-5-8-11-13-16-17(4,14-10-7-3)15-12-9-6-2/h5-16H2,1-4H3. The summed E-state index contributed by atoms with van der Waals surface area (Å²) >= 11 is 0. The van der Waals surface area contributed by atoms with E-state index in [4.69, 9.17) is 0 Å². The van der Waals surface area contributed by atoms with Gasteiger partial charge >= 0.3 is 0 Å². The maximum Gasteiger partial charge on any atom is -0.0326 e. The molecule has 0 N–H and O–H groups in total. The van der Waals surface area contributed by atoms with Crippen LogP contribution in [0, 0.1) is 5.41 Å². The molecular formula is C17H36. The molecule has 0 aliphatic rings. The Bertz CT molecular complexity index is 150. The molecule has 0 fully saturated rings. The Kier molecular flexibility index (Phi) is 11.1. The lowest BCUT2D eigenvalue weighted by atomic mass is 9.76. The van der Waals surface area contributed by atoms with Gasteiger partial charge in [-0.05, 0) is 24.7 Å². The van der Waals surface area contributed by atoms with E-state index in [1.54, 1.807) is 0 Å². The third-order valence-electron chi connectivity index (χ3n) is 4.15. The highest BCUT2D eigenvalue weighted by Crippen LogP contribution is 2.36. The van der Waals surface area contributed by atoms with Crippen molar-refractivity contribution in [3.05, 3.63) is 0 Å². The van der Waals surface area contributed by atoms with Crippen molar-refractivity contribution in [2.24, 2.45) is 5.41 Å². The highest BCUT2D eigenvalue weighted by molar-refractivity contribution is 4.74. The van der Waals surface area contributed by atoms with Gasteiger partial charge in [-0.3, -0.25) is 0 Å². The van der Waals surface area contributed by atoms with Crippen molar-refractivity contribution >= 4 is 0 Å². The van der Waals surface area contributed by atoms with Gasteiger partial charge in [-0.15, -0.1) is 0 Å². The lowest BCUT2D eigenvalue weighted by Gasteiger charge is -2.30. The van der Waals surface area contributed by atoms with Crippen LogP contribution in [0.1, 0.15) is 105 Å². The summed E-state index contributed by atoms with van der Waals surface area (Å²) in [5, 5.41) is 0. The Morgan fingerprint density at radius 1 is 0.529 bits per heavy atom. The van der Waals surface area contributed by atoms with Crippen LogP contribution in [0.3, 0.4) is 0 Å². The second kappa shape index (κ2) is 11.1. The van der Waals surface area contributed by atoms with E-state index < -0.39 is 0 Å². The van der Waals surface area contributed by atoms with Crippen LogP contribution in [0.15, 0.2) is 0 Å². The minimum atomic E-state index is 0.652. The van der Waals surface area contributed by atoms with E-state index in [9.17, 15) is 0 Å². The van der Waals surface area contributed by atoms with Gasteiger partial charge in [0.05, 0.1) is 0 Å². The van der Waals surface area contributed by atoms with Crippen molar-refractivity contribution in [1.82, 2.24) is 0 Å². The zero-order chi connectivity index (χ0) is 13.0. The number of rotatable bonds is 12. The van der Waals surface area contributed by atoms with E-state index in [2.05, 4.69) is 27.7 Å².